The predicted octanol–water partition coefficient (Wildman–Crippen LogP) is 5.65. The Kier molecular flexibility index (Phi) is 8.81. The summed E-state index contributed by atoms with van der Waals surface area (Å²) >= 11 is 12.0. The zero-order valence-corrected chi connectivity index (χ0v) is 26.8. The van der Waals surface area contributed by atoms with Gasteiger partial charge in [0.25, 0.3) is 31.5 Å². The van der Waals surface area contributed by atoms with Gasteiger partial charge >= 0.3 is 0 Å². The van der Waals surface area contributed by atoms with Crippen molar-refractivity contribution in [3.05, 3.63) is 129 Å². The van der Waals surface area contributed by atoms with E-state index in [-0.39, 0.29) is 37.4 Å². The summed E-state index contributed by atoms with van der Waals surface area (Å²) in [5, 5.41) is 2.90. The first kappa shape index (κ1) is 31.9. The van der Waals surface area contributed by atoms with E-state index in [1.165, 1.54) is 70.0 Å². The van der Waals surface area contributed by atoms with Gasteiger partial charge in [-0.2, -0.15) is 0 Å². The first-order valence-electron chi connectivity index (χ1n) is 13.1. The molecule has 0 saturated heterocycles. The Morgan fingerprint density at radius 2 is 1.42 bits per heavy atom. The largest absolute Gasteiger partial charge is 0.322 e. The minimum absolute atomic E-state index is 0.0389. The summed E-state index contributed by atoms with van der Waals surface area (Å²) in [6.07, 6.45) is 0. The van der Waals surface area contributed by atoms with Crippen molar-refractivity contribution in [1.82, 2.24) is 9.36 Å². The smallest absolute Gasteiger partial charge is 0.296 e. The molecule has 0 aliphatic heterocycles. The zero-order valence-electron chi connectivity index (χ0n) is 23.7. The van der Waals surface area contributed by atoms with Gasteiger partial charge in [0.05, 0.1) is 21.3 Å². The number of halogens is 2. The molecule has 0 radical (unpaired) electrons. The fourth-order valence-corrected chi connectivity index (χ4v) is 7.27. The van der Waals surface area contributed by atoms with Crippen LogP contribution in [-0.4, -0.2) is 32.1 Å². The van der Waals surface area contributed by atoms with Gasteiger partial charge in [-0.3, -0.25) is 23.7 Å². The summed E-state index contributed by atoms with van der Waals surface area (Å²) in [5.41, 5.74) is 0.519. The molecular formula is C30H25Cl2N5O6S2. The van der Waals surface area contributed by atoms with E-state index in [0.29, 0.717) is 16.4 Å². The quantitative estimate of drug-likeness (QED) is 0.183. The fourth-order valence-electron chi connectivity index (χ4n) is 4.40. The third-order valence-corrected chi connectivity index (χ3v) is 10.2. The lowest BCUT2D eigenvalue weighted by Crippen LogP contribution is -2.23. The van der Waals surface area contributed by atoms with Crippen LogP contribution < -0.4 is 20.3 Å². The number of nitrogens with one attached hydrogen (secondary N) is 3. The van der Waals surface area contributed by atoms with Crippen LogP contribution in [-0.2, 0) is 27.1 Å². The van der Waals surface area contributed by atoms with Gasteiger partial charge in [0.15, 0.2) is 0 Å². The third-order valence-electron chi connectivity index (χ3n) is 6.77. The maximum Gasteiger partial charge on any atom is 0.296 e. The lowest BCUT2D eigenvalue weighted by atomic mass is 10.2. The van der Waals surface area contributed by atoms with Crippen LogP contribution in [0.1, 0.15) is 16.1 Å². The maximum atomic E-state index is 13.4. The monoisotopic (exact) mass is 685 g/mol. The fraction of sp³-hybridized carbons (Fsp3) is 0.0667. The molecule has 5 rings (SSSR count). The number of carbonyl (C=O) groups is 1. The number of nitrogens with zero attached hydrogens (tertiary/aromatic N) is 2. The molecule has 0 unspecified atom stereocenters. The van der Waals surface area contributed by atoms with Crippen LogP contribution in [0.15, 0.2) is 112 Å². The van der Waals surface area contributed by atoms with Gasteiger partial charge < -0.3 is 5.32 Å². The summed E-state index contributed by atoms with van der Waals surface area (Å²) in [7, 11) is -6.83. The molecule has 1 aromatic heterocycles. The molecule has 0 fully saturated rings. The number of anilines is 3. The summed E-state index contributed by atoms with van der Waals surface area (Å²) < 4.78 is 60.4. The second kappa shape index (κ2) is 12.4. The molecule has 0 saturated carbocycles. The average Bonchev–Trinajstić information content (AvgIpc) is 3.22. The molecule has 1 amide bonds. The number of hydrogen-bond donors (Lipinski definition) is 3. The first-order chi connectivity index (χ1) is 21.3. The van der Waals surface area contributed by atoms with Crippen LogP contribution in [0.2, 0.25) is 10.0 Å². The van der Waals surface area contributed by atoms with Gasteiger partial charge in [-0.15, -0.1) is 0 Å². The van der Waals surface area contributed by atoms with Crippen molar-refractivity contribution in [2.45, 2.75) is 16.7 Å². The van der Waals surface area contributed by atoms with Crippen molar-refractivity contribution in [3.63, 3.8) is 0 Å². The highest BCUT2D eigenvalue weighted by Gasteiger charge is 2.24. The molecule has 11 nitrogen and oxygen atoms in total. The van der Waals surface area contributed by atoms with E-state index in [1.807, 2.05) is 0 Å². The van der Waals surface area contributed by atoms with Crippen molar-refractivity contribution in [2.75, 3.05) is 14.8 Å². The Labute approximate surface area is 269 Å². The predicted molar refractivity (Wildman–Crippen MR) is 175 cm³/mol. The van der Waals surface area contributed by atoms with Gasteiger partial charge in [-0.05, 0) is 79.7 Å². The van der Waals surface area contributed by atoms with Crippen molar-refractivity contribution >= 4 is 66.2 Å². The number of aromatic nitrogens is 2. The highest BCUT2D eigenvalue weighted by Crippen LogP contribution is 2.28. The number of carbonyl (C=O) groups excluding carboxylic acids is 1. The van der Waals surface area contributed by atoms with E-state index in [9.17, 15) is 26.4 Å². The van der Waals surface area contributed by atoms with E-state index in [2.05, 4.69) is 14.8 Å². The van der Waals surface area contributed by atoms with Crippen molar-refractivity contribution in [2.24, 2.45) is 7.05 Å². The van der Waals surface area contributed by atoms with E-state index < -0.39 is 31.5 Å². The van der Waals surface area contributed by atoms with Crippen LogP contribution >= 0.6 is 23.2 Å². The number of para-hydroxylation sites is 1. The minimum atomic E-state index is -4.31. The van der Waals surface area contributed by atoms with E-state index in [1.54, 1.807) is 44.3 Å². The maximum absolute atomic E-state index is 13.4. The number of benzene rings is 4. The van der Waals surface area contributed by atoms with Crippen LogP contribution in [0.25, 0.3) is 5.69 Å². The van der Waals surface area contributed by atoms with E-state index in [4.69, 9.17) is 23.2 Å². The Bertz CT molecular complexity index is 2200. The number of hydrogen-bond acceptors (Lipinski definition) is 6. The highest BCUT2D eigenvalue weighted by molar-refractivity contribution is 7.93. The lowest BCUT2D eigenvalue weighted by Gasteiger charge is -2.12. The first-order valence-corrected chi connectivity index (χ1v) is 16.9. The van der Waals surface area contributed by atoms with Crippen LogP contribution in [0.4, 0.5) is 17.1 Å². The molecular weight excluding hydrogens is 661 g/mol. The summed E-state index contributed by atoms with van der Waals surface area (Å²) in [4.78, 5) is 25.8. The van der Waals surface area contributed by atoms with Gasteiger partial charge in [-0.25, -0.2) is 21.5 Å². The molecule has 232 valence electrons. The SMILES string of the molecule is Cc1c(NS(=O)(=O)c2cccc(C(=O)Nc3ccc(Cl)c(S(=O)(=O)Nc4ccc(Cl)cc4)c3)c2)c(=O)n(-c2ccccc2)n1C. The molecule has 0 atom stereocenters. The summed E-state index contributed by atoms with van der Waals surface area (Å²) in [5.74, 6) is -0.717. The van der Waals surface area contributed by atoms with Crippen LogP contribution in [0.3, 0.4) is 0 Å². The second-order valence-electron chi connectivity index (χ2n) is 9.78. The molecule has 0 bridgehead atoms. The normalized spacial score (nSPS) is 11.6. The van der Waals surface area contributed by atoms with Gasteiger partial charge in [-0.1, -0.05) is 47.5 Å². The second-order valence-corrected chi connectivity index (χ2v) is 14.0. The molecule has 45 heavy (non-hydrogen) atoms. The number of rotatable bonds is 9. The summed E-state index contributed by atoms with van der Waals surface area (Å²) in [6, 6.07) is 23.8. The molecule has 1 heterocycles. The zero-order chi connectivity index (χ0) is 32.5. The van der Waals surface area contributed by atoms with E-state index in [0.717, 1.165) is 6.07 Å². The molecule has 0 aliphatic rings. The van der Waals surface area contributed by atoms with Gasteiger partial charge in [0.1, 0.15) is 10.6 Å². The molecule has 15 heteroatoms. The van der Waals surface area contributed by atoms with Crippen molar-refractivity contribution in [1.29, 1.82) is 0 Å². The average molecular weight is 687 g/mol. The molecule has 0 spiro atoms. The van der Waals surface area contributed by atoms with Gasteiger partial charge in [0, 0.05) is 29.0 Å². The molecule has 3 N–H and O–H groups in total. The molecule has 5 aromatic rings. The Balaban J connectivity index is 1.38. The standard InChI is InChI=1S/C30H25Cl2N5O6S2/c1-19-28(30(39)37(36(19)2)24-8-4-3-5-9-24)35-44(40,41)25-10-6-7-20(17-25)29(38)33-23-15-16-26(32)27(18-23)45(42,43)34-22-13-11-21(31)12-14-22/h3-18,34-35H,1-2H3,(H,33,38). The van der Waals surface area contributed by atoms with Crippen molar-refractivity contribution in [3.8, 4) is 5.69 Å². The Hall–Kier alpha value is -4.56. The summed E-state index contributed by atoms with van der Waals surface area (Å²) in [6.45, 7) is 1.61. The Morgan fingerprint density at radius 1 is 0.756 bits per heavy atom. The third kappa shape index (κ3) is 6.76. The van der Waals surface area contributed by atoms with E-state index >= 15 is 0 Å². The van der Waals surface area contributed by atoms with Gasteiger partial charge in [0.2, 0.25) is 0 Å². The van der Waals surface area contributed by atoms with Crippen LogP contribution in [0.5, 0.6) is 0 Å². The highest BCUT2D eigenvalue weighted by atomic mass is 35.5. The van der Waals surface area contributed by atoms with Crippen molar-refractivity contribution < 1.29 is 21.6 Å². The molecule has 0 aliphatic carbocycles. The van der Waals surface area contributed by atoms with Crippen LogP contribution in [0, 0.1) is 6.92 Å². The number of amides is 1. The lowest BCUT2D eigenvalue weighted by molar-refractivity contribution is 0.102. The Morgan fingerprint density at radius 3 is 2.11 bits per heavy atom. The topological polar surface area (TPSA) is 148 Å². The number of sulfonamides is 2. The molecule has 4 aromatic carbocycles. The minimum Gasteiger partial charge on any atom is -0.322 e.